The number of fused-ring (bicyclic) bond motifs is 1. The maximum absolute atomic E-state index is 10.9. The minimum absolute atomic E-state index is 0.0435. The number of anilines is 1. The van der Waals surface area contributed by atoms with E-state index in [1.165, 1.54) is 0 Å². The summed E-state index contributed by atoms with van der Waals surface area (Å²) in [5.41, 5.74) is 0. The number of carbonyl (C=O) groups excluding carboxylic acids is 1. The second-order valence-electron chi connectivity index (χ2n) is 2.69. The number of carbonyl (C=O) groups is 1. The summed E-state index contributed by atoms with van der Waals surface area (Å²) in [6.45, 7) is 2.00. The summed E-state index contributed by atoms with van der Waals surface area (Å²) in [7, 11) is 0. The highest BCUT2D eigenvalue weighted by molar-refractivity contribution is 5.93. The lowest BCUT2D eigenvalue weighted by atomic mass is 10.4. The SMILES string of the molecule is CCc1ncc2c(n1)NC(=O)CO2. The van der Waals surface area contributed by atoms with Crippen molar-refractivity contribution in [2.75, 3.05) is 11.9 Å². The van der Waals surface area contributed by atoms with Crippen molar-refractivity contribution in [3.05, 3.63) is 12.0 Å². The molecule has 0 aliphatic carbocycles. The molecule has 0 spiro atoms. The van der Waals surface area contributed by atoms with Crippen LogP contribution >= 0.6 is 0 Å². The Bertz CT molecular complexity index is 351. The number of ether oxygens (including phenoxy) is 1. The van der Waals surface area contributed by atoms with Crippen LogP contribution in [0.15, 0.2) is 6.20 Å². The monoisotopic (exact) mass is 179 g/mol. The Labute approximate surface area is 75.1 Å². The predicted octanol–water partition coefficient (Wildman–Crippen LogP) is 0.370. The zero-order valence-corrected chi connectivity index (χ0v) is 7.20. The van der Waals surface area contributed by atoms with E-state index in [1.807, 2.05) is 6.92 Å². The molecule has 5 heteroatoms. The van der Waals surface area contributed by atoms with Gasteiger partial charge in [-0.15, -0.1) is 0 Å². The van der Waals surface area contributed by atoms with Gasteiger partial charge in [0.05, 0.1) is 6.20 Å². The van der Waals surface area contributed by atoms with E-state index in [4.69, 9.17) is 4.74 Å². The van der Waals surface area contributed by atoms with Crippen molar-refractivity contribution in [1.29, 1.82) is 0 Å². The van der Waals surface area contributed by atoms with Gasteiger partial charge in [-0.1, -0.05) is 6.92 Å². The molecule has 0 radical (unpaired) electrons. The van der Waals surface area contributed by atoms with Crippen molar-refractivity contribution in [3.63, 3.8) is 0 Å². The van der Waals surface area contributed by atoms with Gasteiger partial charge in [-0.3, -0.25) is 4.79 Å². The van der Waals surface area contributed by atoms with Crippen molar-refractivity contribution in [2.24, 2.45) is 0 Å². The van der Waals surface area contributed by atoms with Crippen LogP contribution in [0.1, 0.15) is 12.7 Å². The van der Waals surface area contributed by atoms with Crippen LogP contribution in [0.5, 0.6) is 5.75 Å². The van der Waals surface area contributed by atoms with Gasteiger partial charge in [0, 0.05) is 6.42 Å². The van der Waals surface area contributed by atoms with Gasteiger partial charge in [0.15, 0.2) is 18.2 Å². The number of nitrogens with zero attached hydrogens (tertiary/aromatic N) is 2. The molecule has 5 nitrogen and oxygen atoms in total. The van der Waals surface area contributed by atoms with Gasteiger partial charge in [-0.2, -0.15) is 0 Å². The molecule has 1 aliphatic rings. The Kier molecular flexibility index (Phi) is 1.84. The van der Waals surface area contributed by atoms with E-state index in [-0.39, 0.29) is 12.5 Å². The molecule has 0 unspecified atom stereocenters. The molecule has 0 aromatic carbocycles. The summed E-state index contributed by atoms with van der Waals surface area (Å²) >= 11 is 0. The second-order valence-corrected chi connectivity index (χ2v) is 2.69. The van der Waals surface area contributed by atoms with Crippen molar-refractivity contribution < 1.29 is 9.53 Å². The zero-order chi connectivity index (χ0) is 9.26. The largest absolute Gasteiger partial charge is 0.478 e. The van der Waals surface area contributed by atoms with Gasteiger partial charge in [0.25, 0.3) is 5.91 Å². The van der Waals surface area contributed by atoms with E-state index in [9.17, 15) is 4.79 Å². The summed E-state index contributed by atoms with van der Waals surface area (Å²) in [4.78, 5) is 19.1. The van der Waals surface area contributed by atoms with E-state index >= 15 is 0 Å². The summed E-state index contributed by atoms with van der Waals surface area (Å²) in [6.07, 6.45) is 2.32. The second kappa shape index (κ2) is 3.01. The van der Waals surface area contributed by atoms with E-state index in [2.05, 4.69) is 15.3 Å². The fourth-order valence-corrected chi connectivity index (χ4v) is 1.08. The molecule has 0 atom stereocenters. The number of hydrogen-bond donors (Lipinski definition) is 1. The van der Waals surface area contributed by atoms with Gasteiger partial charge in [-0.05, 0) is 0 Å². The topological polar surface area (TPSA) is 64.1 Å². The Hall–Kier alpha value is -1.65. The van der Waals surface area contributed by atoms with Crippen LogP contribution in [0.2, 0.25) is 0 Å². The Balaban J connectivity index is 2.38. The highest BCUT2D eigenvalue weighted by atomic mass is 16.5. The van der Waals surface area contributed by atoms with Gasteiger partial charge < -0.3 is 10.1 Å². The molecule has 68 valence electrons. The first-order valence-electron chi connectivity index (χ1n) is 4.08. The number of hydrogen-bond acceptors (Lipinski definition) is 4. The first kappa shape index (κ1) is 7.97. The lowest BCUT2D eigenvalue weighted by Crippen LogP contribution is -2.26. The summed E-state index contributed by atoms with van der Waals surface area (Å²) in [5.74, 6) is 1.54. The van der Waals surface area contributed by atoms with Crippen molar-refractivity contribution in [2.45, 2.75) is 13.3 Å². The number of amides is 1. The van der Waals surface area contributed by atoms with E-state index < -0.39 is 0 Å². The van der Waals surface area contributed by atoms with E-state index in [0.29, 0.717) is 17.4 Å². The van der Waals surface area contributed by atoms with Gasteiger partial charge in [0.2, 0.25) is 0 Å². The highest BCUT2D eigenvalue weighted by Crippen LogP contribution is 2.23. The third-order valence-electron chi connectivity index (χ3n) is 1.74. The third kappa shape index (κ3) is 1.44. The molecule has 1 N–H and O–H groups in total. The molecule has 1 aromatic heterocycles. The molecule has 0 bridgehead atoms. The Morgan fingerprint density at radius 3 is 3.31 bits per heavy atom. The van der Waals surface area contributed by atoms with Crippen LogP contribution in [-0.2, 0) is 11.2 Å². The van der Waals surface area contributed by atoms with Gasteiger partial charge in [-0.25, -0.2) is 9.97 Å². The molecule has 0 saturated carbocycles. The molecule has 2 heterocycles. The highest BCUT2D eigenvalue weighted by Gasteiger charge is 2.17. The first-order chi connectivity index (χ1) is 6.29. The maximum Gasteiger partial charge on any atom is 0.263 e. The molecule has 1 aromatic rings. The van der Waals surface area contributed by atoms with Crippen molar-refractivity contribution in [3.8, 4) is 5.75 Å². The fraction of sp³-hybridized carbons (Fsp3) is 0.375. The van der Waals surface area contributed by atoms with Crippen LogP contribution in [0.25, 0.3) is 0 Å². The van der Waals surface area contributed by atoms with Crippen molar-refractivity contribution >= 4 is 11.7 Å². The number of aryl methyl sites for hydroxylation is 1. The molecular weight excluding hydrogens is 170 g/mol. The lowest BCUT2D eigenvalue weighted by Gasteiger charge is -2.16. The molecular formula is C8H9N3O2. The fourth-order valence-electron chi connectivity index (χ4n) is 1.08. The molecule has 0 fully saturated rings. The third-order valence-corrected chi connectivity index (χ3v) is 1.74. The zero-order valence-electron chi connectivity index (χ0n) is 7.20. The van der Waals surface area contributed by atoms with Crippen molar-refractivity contribution in [1.82, 2.24) is 9.97 Å². The summed E-state index contributed by atoms with van der Waals surface area (Å²) in [5, 5.41) is 2.62. The van der Waals surface area contributed by atoms with E-state index in [1.54, 1.807) is 6.20 Å². The predicted molar refractivity (Wildman–Crippen MR) is 45.5 cm³/mol. The van der Waals surface area contributed by atoms with Gasteiger partial charge >= 0.3 is 0 Å². The number of nitrogens with one attached hydrogen (secondary N) is 1. The molecule has 2 rings (SSSR count). The quantitative estimate of drug-likeness (QED) is 0.676. The van der Waals surface area contributed by atoms with E-state index in [0.717, 1.165) is 6.42 Å². The average Bonchev–Trinajstić information content (AvgIpc) is 2.16. The number of aromatic nitrogens is 2. The van der Waals surface area contributed by atoms with Crippen LogP contribution < -0.4 is 10.1 Å². The molecule has 0 saturated heterocycles. The van der Waals surface area contributed by atoms with Crippen LogP contribution in [0, 0.1) is 0 Å². The van der Waals surface area contributed by atoms with Crippen LogP contribution in [0.3, 0.4) is 0 Å². The smallest absolute Gasteiger partial charge is 0.263 e. The standard InChI is InChI=1S/C8H9N3O2/c1-2-6-9-3-5-8(10-6)11-7(12)4-13-5/h3H,2,4H2,1H3,(H,9,10,11,12). The minimum atomic E-state index is -0.173. The van der Waals surface area contributed by atoms with Crippen LogP contribution in [-0.4, -0.2) is 22.5 Å². The minimum Gasteiger partial charge on any atom is -0.478 e. The maximum atomic E-state index is 10.9. The molecule has 13 heavy (non-hydrogen) atoms. The summed E-state index contributed by atoms with van der Waals surface area (Å²) < 4.78 is 5.10. The van der Waals surface area contributed by atoms with Crippen LogP contribution in [0.4, 0.5) is 5.82 Å². The molecule has 1 aliphatic heterocycles. The summed E-state index contributed by atoms with van der Waals surface area (Å²) in [6, 6.07) is 0. The normalized spacial score (nSPS) is 14.4. The Morgan fingerprint density at radius 1 is 1.69 bits per heavy atom. The molecule has 1 amide bonds. The van der Waals surface area contributed by atoms with Gasteiger partial charge in [0.1, 0.15) is 5.82 Å². The number of rotatable bonds is 1. The Morgan fingerprint density at radius 2 is 2.54 bits per heavy atom. The average molecular weight is 179 g/mol. The first-order valence-corrected chi connectivity index (χ1v) is 4.08. The lowest BCUT2D eigenvalue weighted by molar-refractivity contribution is -0.118.